The van der Waals surface area contributed by atoms with E-state index in [1.54, 1.807) is 14.2 Å². The standard InChI is InChI=1S/C19H25N3O2/c1-21(13-15-6-4-5-8-20-15)16-7-9-22(14-16)17-10-18(23-2)12-19(11-17)24-3/h4-6,8,10-12,16H,7,9,13-14H2,1-3H3. The molecule has 0 radical (unpaired) electrons. The first-order chi connectivity index (χ1) is 11.7. The zero-order valence-electron chi connectivity index (χ0n) is 14.6. The molecule has 24 heavy (non-hydrogen) atoms. The van der Waals surface area contributed by atoms with Crippen LogP contribution < -0.4 is 14.4 Å². The molecule has 0 spiro atoms. The predicted octanol–water partition coefficient (Wildman–Crippen LogP) is 2.81. The van der Waals surface area contributed by atoms with Crippen molar-refractivity contribution < 1.29 is 9.47 Å². The molecule has 1 fully saturated rings. The maximum Gasteiger partial charge on any atom is 0.124 e. The average molecular weight is 327 g/mol. The van der Waals surface area contributed by atoms with Crippen LogP contribution in [0.4, 0.5) is 5.69 Å². The Morgan fingerprint density at radius 2 is 1.92 bits per heavy atom. The summed E-state index contributed by atoms with van der Waals surface area (Å²) in [6.45, 7) is 2.91. The molecule has 128 valence electrons. The molecule has 2 aromatic rings. The quantitative estimate of drug-likeness (QED) is 0.816. The Kier molecular flexibility index (Phi) is 5.20. The first-order valence-electron chi connectivity index (χ1n) is 8.28. The lowest BCUT2D eigenvalue weighted by atomic mass is 10.2. The van der Waals surface area contributed by atoms with Gasteiger partial charge in [-0.15, -0.1) is 0 Å². The van der Waals surface area contributed by atoms with Gasteiger partial charge in [0.05, 0.1) is 19.9 Å². The smallest absolute Gasteiger partial charge is 0.124 e. The van der Waals surface area contributed by atoms with Crippen molar-refractivity contribution in [3.05, 3.63) is 48.3 Å². The fourth-order valence-electron chi connectivity index (χ4n) is 3.19. The van der Waals surface area contributed by atoms with Crippen LogP contribution >= 0.6 is 0 Å². The van der Waals surface area contributed by atoms with Gasteiger partial charge in [-0.25, -0.2) is 0 Å². The Balaban J connectivity index is 1.66. The van der Waals surface area contributed by atoms with Crippen molar-refractivity contribution in [2.45, 2.75) is 19.0 Å². The van der Waals surface area contributed by atoms with Crippen molar-refractivity contribution in [2.75, 3.05) is 39.3 Å². The van der Waals surface area contributed by atoms with Crippen molar-refractivity contribution in [1.82, 2.24) is 9.88 Å². The van der Waals surface area contributed by atoms with E-state index in [4.69, 9.17) is 9.47 Å². The number of ether oxygens (including phenoxy) is 2. The zero-order chi connectivity index (χ0) is 16.9. The summed E-state index contributed by atoms with van der Waals surface area (Å²) in [5.74, 6) is 1.66. The van der Waals surface area contributed by atoms with Gasteiger partial charge in [-0.05, 0) is 25.6 Å². The minimum atomic E-state index is 0.518. The number of benzene rings is 1. The van der Waals surface area contributed by atoms with Crippen LogP contribution in [0.5, 0.6) is 11.5 Å². The Morgan fingerprint density at radius 3 is 2.54 bits per heavy atom. The maximum atomic E-state index is 5.38. The van der Waals surface area contributed by atoms with Crippen LogP contribution in [0, 0.1) is 0 Å². The molecule has 1 aromatic carbocycles. The fourth-order valence-corrected chi connectivity index (χ4v) is 3.19. The molecule has 0 saturated carbocycles. The van der Waals surface area contributed by atoms with E-state index in [0.29, 0.717) is 6.04 Å². The molecule has 5 nitrogen and oxygen atoms in total. The third-order valence-corrected chi connectivity index (χ3v) is 4.63. The number of nitrogens with zero attached hydrogens (tertiary/aromatic N) is 3. The van der Waals surface area contributed by atoms with E-state index in [2.05, 4.69) is 40.0 Å². The highest BCUT2D eigenvalue weighted by atomic mass is 16.5. The number of hydrogen-bond donors (Lipinski definition) is 0. The van der Waals surface area contributed by atoms with Gasteiger partial charge in [-0.1, -0.05) is 6.07 Å². The van der Waals surface area contributed by atoms with Crippen LogP contribution in [-0.2, 0) is 6.54 Å². The summed E-state index contributed by atoms with van der Waals surface area (Å²) in [7, 11) is 5.55. The summed E-state index contributed by atoms with van der Waals surface area (Å²) in [5.41, 5.74) is 2.27. The zero-order valence-corrected chi connectivity index (χ0v) is 14.6. The van der Waals surface area contributed by atoms with Crippen LogP contribution in [0.25, 0.3) is 0 Å². The summed E-state index contributed by atoms with van der Waals surface area (Å²) >= 11 is 0. The first-order valence-corrected chi connectivity index (χ1v) is 8.28. The molecule has 0 bridgehead atoms. The molecule has 1 saturated heterocycles. The molecule has 5 heteroatoms. The molecule has 1 unspecified atom stereocenters. The molecule has 0 N–H and O–H groups in total. The monoisotopic (exact) mass is 327 g/mol. The molecular weight excluding hydrogens is 302 g/mol. The van der Waals surface area contributed by atoms with Gasteiger partial charge in [-0.3, -0.25) is 9.88 Å². The first kappa shape index (κ1) is 16.6. The van der Waals surface area contributed by atoms with E-state index >= 15 is 0 Å². The van der Waals surface area contributed by atoms with Crippen molar-refractivity contribution in [3.8, 4) is 11.5 Å². The highest BCUT2D eigenvalue weighted by molar-refractivity contribution is 5.56. The Hall–Kier alpha value is -2.27. The van der Waals surface area contributed by atoms with Crippen LogP contribution in [0.3, 0.4) is 0 Å². The largest absolute Gasteiger partial charge is 0.497 e. The molecule has 2 heterocycles. The number of aromatic nitrogens is 1. The van der Waals surface area contributed by atoms with Gasteiger partial charge in [0, 0.05) is 55.8 Å². The maximum absolute atomic E-state index is 5.38. The molecule has 0 amide bonds. The van der Waals surface area contributed by atoms with Crippen molar-refractivity contribution >= 4 is 5.69 Å². The third kappa shape index (κ3) is 3.79. The normalized spacial score (nSPS) is 17.3. The van der Waals surface area contributed by atoms with E-state index in [1.807, 2.05) is 24.4 Å². The van der Waals surface area contributed by atoms with Crippen LogP contribution in [0.2, 0.25) is 0 Å². The van der Waals surface area contributed by atoms with E-state index in [0.717, 1.165) is 48.9 Å². The summed E-state index contributed by atoms with van der Waals surface area (Å²) in [6.07, 6.45) is 3.00. The van der Waals surface area contributed by atoms with Crippen molar-refractivity contribution in [2.24, 2.45) is 0 Å². The number of rotatable bonds is 6. The number of hydrogen-bond acceptors (Lipinski definition) is 5. The van der Waals surface area contributed by atoms with E-state index in [9.17, 15) is 0 Å². The van der Waals surface area contributed by atoms with Gasteiger partial charge >= 0.3 is 0 Å². The second-order valence-corrected chi connectivity index (χ2v) is 6.20. The van der Waals surface area contributed by atoms with Gasteiger partial charge in [0.15, 0.2) is 0 Å². The lowest BCUT2D eigenvalue weighted by Gasteiger charge is -2.25. The Morgan fingerprint density at radius 1 is 1.17 bits per heavy atom. The molecule has 3 rings (SSSR count). The van der Waals surface area contributed by atoms with Crippen molar-refractivity contribution in [1.29, 1.82) is 0 Å². The molecule has 1 aromatic heterocycles. The van der Waals surface area contributed by atoms with Crippen LogP contribution in [0.15, 0.2) is 42.6 Å². The third-order valence-electron chi connectivity index (χ3n) is 4.63. The summed E-state index contributed by atoms with van der Waals surface area (Å²) in [5, 5.41) is 0. The van der Waals surface area contributed by atoms with Gasteiger partial charge < -0.3 is 14.4 Å². The minimum Gasteiger partial charge on any atom is -0.497 e. The summed E-state index contributed by atoms with van der Waals surface area (Å²) in [4.78, 5) is 9.21. The summed E-state index contributed by atoms with van der Waals surface area (Å²) in [6, 6.07) is 12.6. The second kappa shape index (κ2) is 7.53. The lowest BCUT2D eigenvalue weighted by molar-refractivity contribution is 0.248. The predicted molar refractivity (Wildman–Crippen MR) is 95.9 cm³/mol. The Bertz CT molecular complexity index is 641. The number of likely N-dealkylation sites (N-methyl/N-ethyl adjacent to an activating group) is 1. The molecule has 1 aliphatic rings. The van der Waals surface area contributed by atoms with Gasteiger partial charge in [0.25, 0.3) is 0 Å². The minimum absolute atomic E-state index is 0.518. The highest BCUT2D eigenvalue weighted by Crippen LogP contribution is 2.31. The molecule has 0 aliphatic carbocycles. The van der Waals surface area contributed by atoms with Gasteiger partial charge in [-0.2, -0.15) is 0 Å². The summed E-state index contributed by atoms with van der Waals surface area (Å²) < 4.78 is 10.8. The van der Waals surface area contributed by atoms with Crippen molar-refractivity contribution in [3.63, 3.8) is 0 Å². The van der Waals surface area contributed by atoms with E-state index < -0.39 is 0 Å². The molecule has 1 aliphatic heterocycles. The van der Waals surface area contributed by atoms with Crippen LogP contribution in [0.1, 0.15) is 12.1 Å². The lowest BCUT2D eigenvalue weighted by Crippen LogP contribution is -2.34. The number of pyridine rings is 1. The van der Waals surface area contributed by atoms with Gasteiger partial charge in [0.2, 0.25) is 0 Å². The average Bonchev–Trinajstić information content (AvgIpc) is 3.12. The SMILES string of the molecule is COc1cc(OC)cc(N2CCC(N(C)Cc3ccccn3)C2)c1. The van der Waals surface area contributed by atoms with Gasteiger partial charge in [0.1, 0.15) is 11.5 Å². The Labute approximate surface area is 143 Å². The fraction of sp³-hybridized carbons (Fsp3) is 0.421. The number of anilines is 1. The topological polar surface area (TPSA) is 37.8 Å². The molecule has 1 atom stereocenters. The highest BCUT2D eigenvalue weighted by Gasteiger charge is 2.26. The van der Waals surface area contributed by atoms with E-state index in [-0.39, 0.29) is 0 Å². The number of methoxy groups -OCH3 is 2. The second-order valence-electron chi connectivity index (χ2n) is 6.20. The van der Waals surface area contributed by atoms with Crippen LogP contribution in [-0.4, -0.2) is 50.3 Å². The van der Waals surface area contributed by atoms with E-state index in [1.165, 1.54) is 0 Å². The molecular formula is C19H25N3O2.